The number of aromatic nitrogens is 3. The van der Waals surface area contributed by atoms with Crippen LogP contribution in [0.15, 0.2) is 24.4 Å². The number of aryl methyl sites for hydroxylation is 2. The first-order chi connectivity index (χ1) is 8.33. The van der Waals surface area contributed by atoms with E-state index < -0.39 is 0 Å². The molecule has 0 aliphatic heterocycles. The summed E-state index contributed by atoms with van der Waals surface area (Å²) in [5.41, 5.74) is 11.2. The molecule has 1 aromatic heterocycles. The molecule has 1 unspecified atom stereocenters. The minimum Gasteiger partial charge on any atom is -0.322 e. The number of H-pyrrole nitrogens is 1. The number of rotatable bonds is 3. The summed E-state index contributed by atoms with van der Waals surface area (Å²) in [4.78, 5) is 0. The molecule has 4 heteroatoms. The summed E-state index contributed by atoms with van der Waals surface area (Å²) >= 11 is 0. The van der Waals surface area contributed by atoms with Gasteiger partial charge in [-0.2, -0.15) is 15.4 Å². The first-order valence-electron chi connectivity index (χ1n) is 6.05. The van der Waals surface area contributed by atoms with E-state index in [0.29, 0.717) is 0 Å². The normalized spacial score (nSPS) is 15.8. The van der Waals surface area contributed by atoms with Crippen LogP contribution >= 0.6 is 0 Å². The molecule has 0 amide bonds. The predicted molar refractivity (Wildman–Crippen MR) is 65.5 cm³/mol. The highest BCUT2D eigenvalue weighted by Crippen LogP contribution is 2.24. The highest BCUT2D eigenvalue weighted by atomic mass is 15.3. The van der Waals surface area contributed by atoms with Crippen molar-refractivity contribution in [3.05, 3.63) is 46.8 Å². The first-order valence-corrected chi connectivity index (χ1v) is 6.05. The van der Waals surface area contributed by atoms with E-state index in [0.717, 1.165) is 12.1 Å². The smallest absolute Gasteiger partial charge is 0.0995 e. The SMILES string of the molecule is NC(Cc1ccc2c(c1)CCC2)c1cn[nH]n1. The zero-order valence-corrected chi connectivity index (χ0v) is 9.69. The van der Waals surface area contributed by atoms with Crippen molar-refractivity contribution in [2.75, 3.05) is 0 Å². The average Bonchev–Trinajstić information content (AvgIpc) is 2.99. The second-order valence-electron chi connectivity index (χ2n) is 4.66. The van der Waals surface area contributed by atoms with Crippen LogP contribution in [0.2, 0.25) is 0 Å². The fraction of sp³-hybridized carbons (Fsp3) is 0.385. The molecule has 1 atom stereocenters. The highest BCUT2D eigenvalue weighted by molar-refractivity contribution is 5.35. The monoisotopic (exact) mass is 228 g/mol. The van der Waals surface area contributed by atoms with E-state index in [9.17, 15) is 0 Å². The average molecular weight is 228 g/mol. The molecular weight excluding hydrogens is 212 g/mol. The molecule has 0 bridgehead atoms. The van der Waals surface area contributed by atoms with Crippen molar-refractivity contribution in [1.29, 1.82) is 0 Å². The molecular formula is C13H16N4. The Morgan fingerprint density at radius 2 is 2.18 bits per heavy atom. The number of nitrogens with one attached hydrogen (secondary N) is 1. The minimum absolute atomic E-state index is 0.0757. The maximum atomic E-state index is 6.09. The van der Waals surface area contributed by atoms with E-state index in [1.54, 1.807) is 6.20 Å². The van der Waals surface area contributed by atoms with Gasteiger partial charge in [-0.05, 0) is 42.4 Å². The highest BCUT2D eigenvalue weighted by Gasteiger charge is 2.13. The topological polar surface area (TPSA) is 67.6 Å². The van der Waals surface area contributed by atoms with Gasteiger partial charge in [-0.15, -0.1) is 0 Å². The number of nitrogens with zero attached hydrogens (tertiary/aromatic N) is 2. The molecule has 1 aliphatic carbocycles. The standard InChI is InChI=1S/C13H16N4/c14-12(13-8-15-17-16-13)7-9-4-5-10-2-1-3-11(10)6-9/h4-6,8,12H,1-3,7,14H2,(H,15,16,17). The zero-order chi connectivity index (χ0) is 11.7. The van der Waals surface area contributed by atoms with Gasteiger partial charge < -0.3 is 5.73 Å². The van der Waals surface area contributed by atoms with Crippen LogP contribution < -0.4 is 5.73 Å². The summed E-state index contributed by atoms with van der Waals surface area (Å²) in [5.74, 6) is 0. The molecule has 2 aromatic rings. The Bertz CT molecular complexity index is 504. The number of nitrogens with two attached hydrogens (primary N) is 1. The lowest BCUT2D eigenvalue weighted by Crippen LogP contribution is -2.14. The maximum Gasteiger partial charge on any atom is 0.0995 e. The van der Waals surface area contributed by atoms with Crippen molar-refractivity contribution in [1.82, 2.24) is 15.4 Å². The lowest BCUT2D eigenvalue weighted by atomic mass is 10.0. The Kier molecular flexibility index (Phi) is 2.65. The molecule has 0 fully saturated rings. The Morgan fingerprint density at radius 3 is 3.00 bits per heavy atom. The fourth-order valence-electron chi connectivity index (χ4n) is 2.50. The van der Waals surface area contributed by atoms with E-state index in [4.69, 9.17) is 5.73 Å². The molecule has 0 saturated carbocycles. The molecule has 1 aliphatic rings. The second kappa shape index (κ2) is 4.30. The van der Waals surface area contributed by atoms with Crippen LogP contribution in [0.3, 0.4) is 0 Å². The predicted octanol–water partition coefficient (Wildman–Crippen LogP) is 1.54. The van der Waals surface area contributed by atoms with E-state index in [-0.39, 0.29) is 6.04 Å². The van der Waals surface area contributed by atoms with E-state index in [1.165, 1.54) is 36.0 Å². The van der Waals surface area contributed by atoms with Gasteiger partial charge in [-0.25, -0.2) is 0 Å². The summed E-state index contributed by atoms with van der Waals surface area (Å²) in [5, 5.41) is 10.4. The number of benzene rings is 1. The third-order valence-corrected chi connectivity index (χ3v) is 3.43. The van der Waals surface area contributed by atoms with Crippen LogP contribution in [-0.2, 0) is 19.3 Å². The Labute approximate surface area is 100 Å². The third kappa shape index (κ3) is 2.08. The maximum absolute atomic E-state index is 6.09. The van der Waals surface area contributed by atoms with Crippen LogP contribution in [0.25, 0.3) is 0 Å². The summed E-state index contributed by atoms with van der Waals surface area (Å²) in [6.07, 6.45) is 6.24. The van der Waals surface area contributed by atoms with Gasteiger partial charge in [0.25, 0.3) is 0 Å². The van der Waals surface area contributed by atoms with E-state index >= 15 is 0 Å². The molecule has 3 rings (SSSR count). The fourth-order valence-corrected chi connectivity index (χ4v) is 2.50. The molecule has 4 nitrogen and oxygen atoms in total. The largest absolute Gasteiger partial charge is 0.322 e. The zero-order valence-electron chi connectivity index (χ0n) is 9.69. The van der Waals surface area contributed by atoms with E-state index in [2.05, 4.69) is 33.6 Å². The summed E-state index contributed by atoms with van der Waals surface area (Å²) < 4.78 is 0. The van der Waals surface area contributed by atoms with Gasteiger partial charge in [0.15, 0.2) is 0 Å². The Morgan fingerprint density at radius 1 is 1.29 bits per heavy atom. The number of hydrogen-bond acceptors (Lipinski definition) is 3. The summed E-state index contributed by atoms with van der Waals surface area (Å²) in [6, 6.07) is 6.65. The van der Waals surface area contributed by atoms with E-state index in [1.807, 2.05) is 0 Å². The molecule has 17 heavy (non-hydrogen) atoms. The quantitative estimate of drug-likeness (QED) is 0.837. The minimum atomic E-state index is -0.0757. The number of aromatic amines is 1. The van der Waals surface area contributed by atoms with Gasteiger partial charge in [0.1, 0.15) is 0 Å². The lowest BCUT2D eigenvalue weighted by molar-refractivity contribution is 0.691. The van der Waals surface area contributed by atoms with Gasteiger partial charge in [0.2, 0.25) is 0 Å². The van der Waals surface area contributed by atoms with Gasteiger partial charge in [-0.1, -0.05) is 18.2 Å². The number of hydrogen-bond donors (Lipinski definition) is 2. The summed E-state index contributed by atoms with van der Waals surface area (Å²) in [6.45, 7) is 0. The Hall–Kier alpha value is -1.68. The van der Waals surface area contributed by atoms with Gasteiger partial charge in [0.05, 0.1) is 17.9 Å². The first kappa shape index (κ1) is 10.5. The van der Waals surface area contributed by atoms with Crippen molar-refractivity contribution in [3.8, 4) is 0 Å². The van der Waals surface area contributed by atoms with Crippen molar-refractivity contribution in [3.63, 3.8) is 0 Å². The molecule has 0 radical (unpaired) electrons. The molecule has 0 saturated heterocycles. The van der Waals surface area contributed by atoms with Crippen LogP contribution in [0.4, 0.5) is 0 Å². The van der Waals surface area contributed by atoms with Gasteiger partial charge in [0, 0.05) is 0 Å². The number of fused-ring (bicyclic) bond motifs is 1. The Balaban J connectivity index is 1.77. The molecule has 88 valence electrons. The third-order valence-electron chi connectivity index (χ3n) is 3.43. The van der Waals surface area contributed by atoms with Crippen molar-refractivity contribution < 1.29 is 0 Å². The molecule has 1 heterocycles. The summed E-state index contributed by atoms with van der Waals surface area (Å²) in [7, 11) is 0. The van der Waals surface area contributed by atoms with Crippen molar-refractivity contribution >= 4 is 0 Å². The van der Waals surface area contributed by atoms with Crippen molar-refractivity contribution in [2.24, 2.45) is 5.73 Å². The van der Waals surface area contributed by atoms with Gasteiger partial charge in [-0.3, -0.25) is 0 Å². The van der Waals surface area contributed by atoms with Crippen LogP contribution in [0.5, 0.6) is 0 Å². The molecule has 3 N–H and O–H groups in total. The van der Waals surface area contributed by atoms with Crippen molar-refractivity contribution in [2.45, 2.75) is 31.7 Å². The van der Waals surface area contributed by atoms with Gasteiger partial charge >= 0.3 is 0 Å². The lowest BCUT2D eigenvalue weighted by Gasteiger charge is -2.09. The van der Waals surface area contributed by atoms with Crippen LogP contribution in [-0.4, -0.2) is 15.4 Å². The molecule has 0 spiro atoms. The molecule has 1 aromatic carbocycles. The van der Waals surface area contributed by atoms with Crippen LogP contribution in [0, 0.1) is 0 Å². The van der Waals surface area contributed by atoms with Crippen LogP contribution in [0.1, 0.15) is 34.8 Å². The second-order valence-corrected chi connectivity index (χ2v) is 4.66.